The van der Waals surface area contributed by atoms with Gasteiger partial charge in [0.25, 0.3) is 0 Å². The van der Waals surface area contributed by atoms with Crippen molar-refractivity contribution >= 4 is 22.7 Å². The molecule has 0 radical (unpaired) electrons. The van der Waals surface area contributed by atoms with Crippen molar-refractivity contribution in [2.24, 2.45) is 0 Å². The molecule has 1 atom stereocenters. The molecule has 1 fully saturated rings. The van der Waals surface area contributed by atoms with Crippen molar-refractivity contribution in [3.05, 3.63) is 44.3 Å². The maximum Gasteiger partial charge on any atom is 0.0442 e. The van der Waals surface area contributed by atoms with Crippen LogP contribution in [0.15, 0.2) is 29.6 Å². The summed E-state index contributed by atoms with van der Waals surface area (Å²) in [6, 6.07) is 9.68. The van der Waals surface area contributed by atoms with E-state index in [1.54, 1.807) is 4.88 Å². The molecular weight excluding hydrogens is 258 g/mol. The summed E-state index contributed by atoms with van der Waals surface area (Å²) < 4.78 is 0. The normalized spacial score (nSPS) is 20.6. The van der Waals surface area contributed by atoms with Gasteiger partial charge in [0.05, 0.1) is 0 Å². The Balaban J connectivity index is 1.64. The predicted molar refractivity (Wildman–Crippen MR) is 80.6 cm³/mol. The summed E-state index contributed by atoms with van der Waals surface area (Å²) in [6.07, 6.45) is 3.90. The fourth-order valence-electron chi connectivity index (χ4n) is 2.76. The highest BCUT2D eigenvalue weighted by Gasteiger charge is 2.26. The lowest BCUT2D eigenvalue weighted by molar-refractivity contribution is 0.264. The number of likely N-dealkylation sites (tertiary alicyclic amines) is 1. The van der Waals surface area contributed by atoms with Crippen LogP contribution in [0.1, 0.15) is 33.5 Å². The first-order chi connectivity index (χ1) is 8.83. The second-order valence-corrected chi connectivity index (χ2v) is 7.32. The Bertz CT molecular complexity index is 486. The fraction of sp³-hybridized carbons (Fsp3) is 0.467. The zero-order chi connectivity index (χ0) is 12.4. The molecule has 0 N–H and O–H groups in total. The molecule has 3 rings (SSSR count). The number of thiophene rings is 2. The molecule has 1 aliphatic rings. The lowest BCUT2D eigenvalue weighted by atomic mass is 10.2. The van der Waals surface area contributed by atoms with Crippen LogP contribution in [-0.4, -0.2) is 18.0 Å². The Hall–Kier alpha value is -0.640. The van der Waals surface area contributed by atoms with E-state index in [1.165, 1.54) is 42.1 Å². The highest BCUT2D eigenvalue weighted by atomic mass is 32.1. The molecule has 1 nitrogen and oxygen atoms in total. The zero-order valence-electron chi connectivity index (χ0n) is 10.8. The van der Waals surface area contributed by atoms with E-state index in [-0.39, 0.29) is 0 Å². The first kappa shape index (κ1) is 12.4. The lowest BCUT2D eigenvalue weighted by Crippen LogP contribution is -2.25. The molecule has 0 spiro atoms. The van der Waals surface area contributed by atoms with Crippen molar-refractivity contribution in [3.8, 4) is 0 Å². The Morgan fingerprint density at radius 3 is 3.00 bits per heavy atom. The van der Waals surface area contributed by atoms with Gasteiger partial charge < -0.3 is 0 Å². The van der Waals surface area contributed by atoms with Gasteiger partial charge in [-0.25, -0.2) is 0 Å². The van der Waals surface area contributed by atoms with Gasteiger partial charge in [0, 0.05) is 27.2 Å². The largest absolute Gasteiger partial charge is 0.295 e. The highest BCUT2D eigenvalue weighted by molar-refractivity contribution is 7.12. The van der Waals surface area contributed by atoms with Crippen LogP contribution >= 0.6 is 22.7 Å². The molecule has 3 heterocycles. The summed E-state index contributed by atoms with van der Waals surface area (Å²) in [5.74, 6) is 0. The maximum atomic E-state index is 2.67. The van der Waals surface area contributed by atoms with Gasteiger partial charge in [-0.1, -0.05) is 6.07 Å². The Morgan fingerprint density at radius 1 is 1.33 bits per heavy atom. The summed E-state index contributed by atoms with van der Waals surface area (Å²) >= 11 is 3.86. The van der Waals surface area contributed by atoms with Gasteiger partial charge in [-0.2, -0.15) is 0 Å². The second-order valence-electron chi connectivity index (χ2n) is 4.97. The Labute approximate surface area is 117 Å². The van der Waals surface area contributed by atoms with Gasteiger partial charge in [0.2, 0.25) is 0 Å². The zero-order valence-corrected chi connectivity index (χ0v) is 12.4. The van der Waals surface area contributed by atoms with E-state index in [1.807, 2.05) is 22.7 Å². The molecule has 1 unspecified atom stereocenters. The molecule has 0 aromatic carbocycles. The number of hydrogen-bond acceptors (Lipinski definition) is 3. The first-order valence-electron chi connectivity index (χ1n) is 6.66. The summed E-state index contributed by atoms with van der Waals surface area (Å²) in [5, 5.41) is 2.18. The van der Waals surface area contributed by atoms with Crippen molar-refractivity contribution in [1.29, 1.82) is 0 Å². The van der Waals surface area contributed by atoms with Crippen LogP contribution in [0.3, 0.4) is 0 Å². The number of aryl methyl sites for hydroxylation is 1. The average Bonchev–Trinajstić information content (AvgIpc) is 3.07. The molecule has 2 aromatic rings. The van der Waals surface area contributed by atoms with Crippen molar-refractivity contribution < 1.29 is 0 Å². The Morgan fingerprint density at radius 2 is 2.28 bits per heavy atom. The molecule has 1 aliphatic heterocycles. The average molecular weight is 277 g/mol. The van der Waals surface area contributed by atoms with Crippen LogP contribution in [0.5, 0.6) is 0 Å². The third kappa shape index (κ3) is 2.68. The van der Waals surface area contributed by atoms with E-state index < -0.39 is 0 Å². The molecular formula is C15H19NS2. The van der Waals surface area contributed by atoms with Crippen molar-refractivity contribution in [2.75, 3.05) is 13.1 Å². The quantitative estimate of drug-likeness (QED) is 0.795. The molecule has 1 saturated heterocycles. The molecule has 0 saturated carbocycles. The number of rotatable bonds is 4. The van der Waals surface area contributed by atoms with E-state index in [4.69, 9.17) is 0 Å². The van der Waals surface area contributed by atoms with Gasteiger partial charge >= 0.3 is 0 Å². The molecule has 0 aliphatic carbocycles. The van der Waals surface area contributed by atoms with Crippen molar-refractivity contribution in [3.63, 3.8) is 0 Å². The van der Waals surface area contributed by atoms with E-state index >= 15 is 0 Å². The van der Waals surface area contributed by atoms with Crippen LogP contribution in [0.25, 0.3) is 0 Å². The van der Waals surface area contributed by atoms with Gasteiger partial charge in [-0.3, -0.25) is 4.90 Å². The van der Waals surface area contributed by atoms with E-state index in [0.717, 1.165) is 0 Å². The summed E-state index contributed by atoms with van der Waals surface area (Å²) in [6.45, 7) is 4.69. The molecule has 0 bridgehead atoms. The monoisotopic (exact) mass is 277 g/mol. The van der Waals surface area contributed by atoms with Gasteiger partial charge in [-0.05, 0) is 56.3 Å². The van der Waals surface area contributed by atoms with E-state index in [0.29, 0.717) is 6.04 Å². The molecule has 2 aromatic heterocycles. The topological polar surface area (TPSA) is 3.24 Å². The fourth-order valence-corrected chi connectivity index (χ4v) is 4.50. The van der Waals surface area contributed by atoms with Crippen LogP contribution in [0.4, 0.5) is 0 Å². The van der Waals surface area contributed by atoms with Gasteiger partial charge in [0.15, 0.2) is 0 Å². The summed E-state index contributed by atoms with van der Waals surface area (Å²) in [7, 11) is 0. The molecule has 0 amide bonds. The smallest absolute Gasteiger partial charge is 0.0442 e. The van der Waals surface area contributed by atoms with Crippen LogP contribution < -0.4 is 0 Å². The molecule has 3 heteroatoms. The Kier molecular flexibility index (Phi) is 3.83. The van der Waals surface area contributed by atoms with E-state index in [2.05, 4.69) is 41.5 Å². The third-order valence-corrected chi connectivity index (χ3v) is 5.72. The molecule has 96 valence electrons. The van der Waals surface area contributed by atoms with Gasteiger partial charge in [-0.15, -0.1) is 22.7 Å². The highest BCUT2D eigenvalue weighted by Crippen LogP contribution is 2.35. The van der Waals surface area contributed by atoms with Crippen LogP contribution in [0, 0.1) is 6.92 Å². The van der Waals surface area contributed by atoms with Crippen molar-refractivity contribution in [2.45, 2.75) is 32.2 Å². The second kappa shape index (κ2) is 5.55. The molecule has 18 heavy (non-hydrogen) atoms. The minimum absolute atomic E-state index is 0.684. The minimum Gasteiger partial charge on any atom is -0.295 e. The summed E-state index contributed by atoms with van der Waals surface area (Å²) in [4.78, 5) is 7.19. The van der Waals surface area contributed by atoms with Gasteiger partial charge in [0.1, 0.15) is 0 Å². The number of nitrogens with zero attached hydrogens (tertiary/aromatic N) is 1. The predicted octanol–water partition coefficient (Wildman–Crippen LogP) is 4.50. The standard InChI is InChI=1S/C15H19NS2/c1-12-6-7-15(18-12)14-5-2-9-16(14)10-8-13-4-3-11-17-13/h3-4,6-7,11,14H,2,5,8-10H2,1H3. The minimum atomic E-state index is 0.684. The lowest BCUT2D eigenvalue weighted by Gasteiger charge is -2.23. The van der Waals surface area contributed by atoms with E-state index in [9.17, 15) is 0 Å². The number of hydrogen-bond donors (Lipinski definition) is 0. The summed E-state index contributed by atoms with van der Waals surface area (Å²) in [5.41, 5.74) is 0. The first-order valence-corrected chi connectivity index (χ1v) is 8.35. The SMILES string of the molecule is Cc1ccc(C2CCCN2CCc2cccs2)s1. The van der Waals surface area contributed by atoms with Crippen molar-refractivity contribution in [1.82, 2.24) is 4.90 Å². The van der Waals surface area contributed by atoms with Crippen LogP contribution in [-0.2, 0) is 6.42 Å². The maximum absolute atomic E-state index is 2.67. The third-order valence-electron chi connectivity index (χ3n) is 3.68. The van der Waals surface area contributed by atoms with Crippen LogP contribution in [0.2, 0.25) is 0 Å².